The molecular weight excluding hydrogens is 2080 g/mol. The van der Waals surface area contributed by atoms with Crippen LogP contribution in [0.25, 0.3) is 45.0 Å². The fourth-order valence-electron chi connectivity index (χ4n) is 8.66. The van der Waals surface area contributed by atoms with Crippen molar-refractivity contribution in [3.63, 3.8) is 0 Å². The maximum atomic E-state index is 10.1. The van der Waals surface area contributed by atoms with E-state index in [0.717, 1.165) is 73.8 Å². The van der Waals surface area contributed by atoms with Crippen LogP contribution in [-0.4, -0.2) is 104 Å². The van der Waals surface area contributed by atoms with E-state index in [1.54, 1.807) is 129 Å². The third kappa shape index (κ3) is 37.3. The van der Waals surface area contributed by atoms with E-state index in [1.807, 2.05) is 197 Å². The third-order valence-electron chi connectivity index (χ3n) is 13.0. The van der Waals surface area contributed by atoms with Crippen LogP contribution < -0.4 is 18.9 Å². The Morgan fingerprint density at radius 1 is 0.333 bits per heavy atom. The smallest absolute Gasteiger partial charge is 0.309 e. The molecule has 24 heteroatoms. The quantitative estimate of drug-likeness (QED) is 0.0547. The Bertz CT molecular complexity index is 4350. The number of nitrogens with zero attached hydrogens (tertiary/aromatic N) is 8. The van der Waals surface area contributed by atoms with Gasteiger partial charge in [-0.1, -0.05) is 113 Å². The molecule has 13 rings (SSSR count). The minimum absolute atomic E-state index is 0. The van der Waals surface area contributed by atoms with Gasteiger partial charge >= 0.3 is 23.9 Å². The standard InChI is InChI=1S/C17H12NO.C14H14NO.C13H12NO.C12H10NO.4C7H7NO2.4Ir/c1-2-8-14(9-3-1)19-17-12-5-4-10-15(17)16-11-6-7-13-18-16;1-11(2)16-14-9-4-3-7-12(14)13-8-5-6-10-15-13;1-2-15-13-9-4-3-7-11(13)12-8-5-6-10-14-12;1-14-12-8-3-2-6-10(12)11-7-4-5-9-13-11;4*9-7(10)5-6-3-1-2-4-8-6;;;;/h1-9,11-13H;3-6,8-11H,1-2H3;3-6,8-10H,2H2,1H3;2-5,7-9H,1H3;4*1-4H,5H2,(H,9,10);;;;/q4*-1;;;;;;;;. The van der Waals surface area contributed by atoms with Crippen molar-refractivity contribution in [2.24, 2.45) is 0 Å². The van der Waals surface area contributed by atoms with Crippen molar-refractivity contribution in [2.45, 2.75) is 52.6 Å². The molecule has 0 saturated heterocycles. The number of carbonyl (C=O) groups is 4. The fraction of sp³-hybridized carbons (Fsp3) is 0.119. The number of benzene rings is 5. The van der Waals surface area contributed by atoms with E-state index in [4.69, 9.17) is 39.4 Å². The van der Waals surface area contributed by atoms with Crippen molar-refractivity contribution >= 4 is 23.9 Å². The summed E-state index contributed by atoms with van der Waals surface area (Å²) in [6.07, 6.45) is 13.5. The molecule has 0 aliphatic carbocycles. The van der Waals surface area contributed by atoms with Gasteiger partial charge in [-0.05, 0) is 128 Å². The van der Waals surface area contributed by atoms with E-state index in [1.165, 1.54) is 0 Å². The molecule has 0 saturated carbocycles. The zero-order valence-corrected chi connectivity index (χ0v) is 68.4. The number of rotatable bonds is 19. The van der Waals surface area contributed by atoms with Crippen molar-refractivity contribution in [3.05, 3.63) is 345 Å². The zero-order valence-electron chi connectivity index (χ0n) is 58.9. The normalized spacial score (nSPS) is 9.38. The summed E-state index contributed by atoms with van der Waals surface area (Å²) in [5, 5.41) is 33.3. The molecule has 8 heterocycles. The van der Waals surface area contributed by atoms with Crippen LogP contribution in [0.3, 0.4) is 0 Å². The predicted octanol–water partition coefficient (Wildman–Crippen LogP) is 16.0. The number of methoxy groups -OCH3 is 1. The Labute approximate surface area is 682 Å². The molecule has 8 aromatic heterocycles. The van der Waals surface area contributed by atoms with Crippen molar-refractivity contribution in [3.8, 4) is 73.8 Å². The molecule has 0 amide bonds. The number of carboxylic acids is 4. The molecule has 4 N–H and O–H groups in total. The molecule has 108 heavy (non-hydrogen) atoms. The van der Waals surface area contributed by atoms with Gasteiger partial charge in [0.15, 0.2) is 0 Å². The number of aromatic nitrogens is 8. The maximum Gasteiger partial charge on any atom is 0.309 e. The zero-order chi connectivity index (χ0) is 74.2. The Hall–Kier alpha value is -11.0. The Kier molecular flexibility index (Phi) is 47.8. The van der Waals surface area contributed by atoms with Crippen LogP contribution in [0.2, 0.25) is 0 Å². The largest absolute Gasteiger partial charge is 0.540 e. The number of hydrogen-bond acceptors (Lipinski definition) is 16. The van der Waals surface area contributed by atoms with Crippen LogP contribution in [0.4, 0.5) is 0 Å². The molecule has 564 valence electrons. The predicted molar refractivity (Wildman–Crippen MR) is 396 cm³/mol. The summed E-state index contributed by atoms with van der Waals surface area (Å²) in [5.41, 5.74) is 9.48. The summed E-state index contributed by atoms with van der Waals surface area (Å²) >= 11 is 0. The monoisotopic (exact) mass is 2160 g/mol. The van der Waals surface area contributed by atoms with Crippen LogP contribution in [0, 0.1) is 24.3 Å². The molecular formula is C84H76Ir4N8O12-4. The van der Waals surface area contributed by atoms with Gasteiger partial charge in [-0.15, -0.1) is 97.1 Å². The summed E-state index contributed by atoms with van der Waals surface area (Å²) in [7, 11) is 1.65. The summed E-state index contributed by atoms with van der Waals surface area (Å²) in [4.78, 5) is 73.0. The number of pyridine rings is 8. The van der Waals surface area contributed by atoms with Crippen molar-refractivity contribution in [2.75, 3.05) is 13.7 Å². The first-order valence-electron chi connectivity index (χ1n) is 32.4. The average molecular weight is 2160 g/mol. The Morgan fingerprint density at radius 3 is 0.880 bits per heavy atom. The topological polar surface area (TPSA) is 289 Å². The molecule has 0 unspecified atom stereocenters. The molecule has 20 nitrogen and oxygen atoms in total. The second-order valence-electron chi connectivity index (χ2n) is 21.3. The van der Waals surface area contributed by atoms with Crippen LogP contribution in [-0.2, 0) is 125 Å². The van der Waals surface area contributed by atoms with Gasteiger partial charge in [0.05, 0.1) is 68.3 Å². The number of aliphatic carboxylic acids is 4. The minimum atomic E-state index is -0.848. The molecule has 0 bridgehead atoms. The van der Waals surface area contributed by atoms with Crippen LogP contribution in [0.1, 0.15) is 43.5 Å². The van der Waals surface area contributed by atoms with Gasteiger partial charge in [-0.2, -0.15) is 0 Å². The molecule has 4 radical (unpaired) electrons. The van der Waals surface area contributed by atoms with Crippen molar-refractivity contribution in [1.29, 1.82) is 0 Å². The van der Waals surface area contributed by atoms with Gasteiger partial charge in [0, 0.05) is 153 Å². The number of para-hydroxylation sites is 1. The van der Waals surface area contributed by atoms with E-state index in [9.17, 15) is 19.2 Å². The first kappa shape index (κ1) is 93.1. The number of ether oxygens (including phenoxy) is 4. The fourth-order valence-corrected chi connectivity index (χ4v) is 8.66. The summed E-state index contributed by atoms with van der Waals surface area (Å²) in [6.45, 7) is 6.64. The molecule has 5 aromatic carbocycles. The van der Waals surface area contributed by atoms with Crippen LogP contribution >= 0.6 is 0 Å². The third-order valence-corrected chi connectivity index (χ3v) is 13.0. The van der Waals surface area contributed by atoms with Crippen molar-refractivity contribution in [1.82, 2.24) is 39.9 Å². The van der Waals surface area contributed by atoms with Gasteiger partial charge in [-0.3, -0.25) is 39.1 Å². The number of carboxylic acid groups (broad SMARTS) is 4. The summed E-state index contributed by atoms with van der Waals surface area (Å²) in [6, 6.07) is 89.2. The van der Waals surface area contributed by atoms with Crippen molar-refractivity contribution < 1.29 is 139 Å². The van der Waals surface area contributed by atoms with E-state index in [0.29, 0.717) is 29.4 Å². The molecule has 0 spiro atoms. The summed E-state index contributed by atoms with van der Waals surface area (Å²) < 4.78 is 22.4. The van der Waals surface area contributed by atoms with Gasteiger partial charge < -0.3 is 59.3 Å². The molecule has 0 aliphatic heterocycles. The maximum absolute atomic E-state index is 10.1. The minimum Gasteiger partial charge on any atom is -0.540 e. The van der Waals surface area contributed by atoms with Gasteiger partial charge in [0.1, 0.15) is 5.75 Å². The molecule has 13 aromatic rings. The Morgan fingerprint density at radius 2 is 0.602 bits per heavy atom. The number of hydrogen-bond donors (Lipinski definition) is 4. The van der Waals surface area contributed by atoms with Crippen LogP contribution in [0.5, 0.6) is 28.7 Å². The molecule has 0 aliphatic rings. The van der Waals surface area contributed by atoms with Gasteiger partial charge in [0.25, 0.3) is 0 Å². The first-order valence-corrected chi connectivity index (χ1v) is 32.4. The summed E-state index contributed by atoms with van der Waals surface area (Å²) in [5.74, 6) is 0.627. The van der Waals surface area contributed by atoms with Crippen LogP contribution in [0.15, 0.2) is 298 Å². The second kappa shape index (κ2) is 55.4. The second-order valence-corrected chi connectivity index (χ2v) is 21.3. The first-order chi connectivity index (χ1) is 50.7. The van der Waals surface area contributed by atoms with E-state index in [-0.39, 0.29) is 112 Å². The molecule has 0 fully saturated rings. The van der Waals surface area contributed by atoms with E-state index < -0.39 is 23.9 Å². The van der Waals surface area contributed by atoms with E-state index in [2.05, 4.69) is 64.1 Å². The van der Waals surface area contributed by atoms with Gasteiger partial charge in [-0.25, -0.2) is 0 Å². The average Bonchev–Trinajstić information content (AvgIpc) is 0.860. The SMILES string of the molecule is CC(C)Oc1ccc[c-]c1-c1ccccn1.CCOc1ccc[c-]c1-c1ccccn1.COc1ccc[c-]c1-c1ccccn1.O=C(O)Cc1ccccn1.O=C(O)Cc1ccccn1.O=C(O)Cc1ccccn1.O=C(O)Cc1ccccn1.[Ir].[Ir].[Ir].[Ir].[c-]1cccc(Oc2ccccc2)c1-c1ccccn1. The van der Waals surface area contributed by atoms with Gasteiger partial charge in [0.2, 0.25) is 0 Å². The van der Waals surface area contributed by atoms with E-state index >= 15 is 0 Å². The Balaban J connectivity index is 0.000000422. The molecule has 0 atom stereocenters.